The molecule has 5 heteroatoms. The summed E-state index contributed by atoms with van der Waals surface area (Å²) in [7, 11) is 0. The van der Waals surface area contributed by atoms with Crippen molar-refractivity contribution in [2.24, 2.45) is 0 Å². The van der Waals surface area contributed by atoms with Crippen LogP contribution in [0.1, 0.15) is 76.9 Å². The molecule has 1 atom stereocenters. The Kier molecular flexibility index (Phi) is 11.2. The fourth-order valence-corrected chi connectivity index (χ4v) is 3.51. The third kappa shape index (κ3) is 8.70. The molecule has 0 aliphatic rings. The molecular weight excluding hydrogens is 392 g/mol. The highest BCUT2D eigenvalue weighted by molar-refractivity contribution is 7.78. The monoisotopic (exact) mass is 428 g/mol. The van der Waals surface area contributed by atoms with Crippen molar-refractivity contribution < 1.29 is 9.53 Å². The normalized spacial score (nSPS) is 11.7. The van der Waals surface area contributed by atoms with Crippen molar-refractivity contribution in [2.75, 3.05) is 11.9 Å². The summed E-state index contributed by atoms with van der Waals surface area (Å²) in [4.78, 5) is 12.4. The maximum absolute atomic E-state index is 12.4. The van der Waals surface area contributed by atoms with Crippen LogP contribution in [0.2, 0.25) is 0 Å². The van der Waals surface area contributed by atoms with Crippen LogP contribution < -0.4 is 10.1 Å². The Bertz CT molecular complexity index is 739. The Hall–Kier alpha value is -2.14. The lowest BCUT2D eigenvalue weighted by Crippen LogP contribution is -2.28. The van der Waals surface area contributed by atoms with E-state index in [9.17, 15) is 4.79 Å². The van der Waals surface area contributed by atoms with E-state index in [0.29, 0.717) is 12.2 Å². The van der Waals surface area contributed by atoms with Crippen molar-refractivity contribution in [3.63, 3.8) is 0 Å². The molecule has 1 unspecified atom stereocenters. The molecule has 1 N–H and O–H groups in total. The number of carbonyl (C=O) groups excluding carboxylic acids is 1. The second-order valence-corrected chi connectivity index (χ2v) is 8.14. The predicted octanol–water partition coefficient (Wildman–Crippen LogP) is 7.65. The fraction of sp³-hybridized carbons (Fsp3) is 0.480. The van der Waals surface area contributed by atoms with E-state index < -0.39 is 0 Å². The first-order valence-electron chi connectivity index (χ1n) is 11.2. The Morgan fingerprint density at radius 1 is 0.967 bits per heavy atom. The lowest BCUT2D eigenvalue weighted by Gasteiger charge is -2.20. The average molecular weight is 429 g/mol. The maximum atomic E-state index is 12.4. The van der Waals surface area contributed by atoms with Gasteiger partial charge in [0.1, 0.15) is 11.9 Å². The van der Waals surface area contributed by atoms with Gasteiger partial charge in [0.25, 0.3) is 0 Å². The van der Waals surface area contributed by atoms with Gasteiger partial charge in [0.2, 0.25) is 0 Å². The van der Waals surface area contributed by atoms with Crippen LogP contribution in [0.15, 0.2) is 54.6 Å². The number of amides is 2. The molecule has 0 fully saturated rings. The first-order chi connectivity index (χ1) is 14.6. The molecule has 0 bridgehead atoms. The highest BCUT2D eigenvalue weighted by atomic mass is 32.1. The number of nitrogens with zero attached hydrogens (tertiary/aromatic N) is 1. The van der Waals surface area contributed by atoms with Gasteiger partial charge in [0, 0.05) is 18.3 Å². The Morgan fingerprint density at radius 3 is 2.43 bits per heavy atom. The van der Waals surface area contributed by atoms with Crippen LogP contribution in [0.3, 0.4) is 0 Å². The minimum Gasteiger partial charge on any atom is -0.486 e. The summed E-state index contributed by atoms with van der Waals surface area (Å²) in [6, 6.07) is 17.7. The highest BCUT2D eigenvalue weighted by Crippen LogP contribution is 2.28. The number of benzene rings is 2. The molecule has 2 amide bonds. The molecule has 0 aliphatic carbocycles. The van der Waals surface area contributed by atoms with Crippen molar-refractivity contribution in [3.05, 3.63) is 60.2 Å². The van der Waals surface area contributed by atoms with Crippen LogP contribution in [0, 0.1) is 0 Å². The van der Waals surface area contributed by atoms with Crippen molar-refractivity contribution in [2.45, 2.75) is 71.3 Å². The molecule has 30 heavy (non-hydrogen) atoms. The molecule has 0 spiro atoms. The van der Waals surface area contributed by atoms with Gasteiger partial charge in [0.05, 0.1) is 0 Å². The third-order valence-corrected chi connectivity index (χ3v) is 5.44. The number of unbranched alkanes of at least 4 members (excludes halogenated alkanes) is 5. The van der Waals surface area contributed by atoms with E-state index in [-0.39, 0.29) is 12.1 Å². The summed E-state index contributed by atoms with van der Waals surface area (Å²) in [6.45, 7) is 5.02. The van der Waals surface area contributed by atoms with Gasteiger partial charge in [-0.15, -0.1) is 0 Å². The van der Waals surface area contributed by atoms with E-state index in [0.717, 1.165) is 37.9 Å². The van der Waals surface area contributed by atoms with Crippen LogP contribution >= 0.6 is 12.8 Å². The summed E-state index contributed by atoms with van der Waals surface area (Å²) in [5.41, 5.74) is 1.88. The smallest absolute Gasteiger partial charge is 0.331 e. The van der Waals surface area contributed by atoms with E-state index in [1.807, 2.05) is 42.5 Å². The minimum atomic E-state index is -0.212. The van der Waals surface area contributed by atoms with Crippen molar-refractivity contribution in [3.8, 4) is 5.75 Å². The molecule has 2 rings (SSSR count). The van der Waals surface area contributed by atoms with Gasteiger partial charge in [0.15, 0.2) is 0 Å². The van der Waals surface area contributed by atoms with Gasteiger partial charge in [-0.25, -0.2) is 4.79 Å². The Labute approximate surface area is 187 Å². The minimum absolute atomic E-state index is 0.00148. The SMILES string of the molecule is CCCCCCCN(S)C(=O)Nc1cccc(OC(CCCC)c2ccccc2)c1. The molecule has 0 aliphatic heterocycles. The number of thiol groups is 1. The van der Waals surface area contributed by atoms with Gasteiger partial charge in [-0.1, -0.05) is 95.2 Å². The molecule has 0 heterocycles. The van der Waals surface area contributed by atoms with Gasteiger partial charge < -0.3 is 10.1 Å². The number of nitrogens with one attached hydrogen (secondary N) is 1. The predicted molar refractivity (Wildman–Crippen MR) is 129 cm³/mol. The van der Waals surface area contributed by atoms with Crippen molar-refractivity contribution >= 4 is 24.5 Å². The molecule has 0 aromatic heterocycles. The molecule has 4 nitrogen and oxygen atoms in total. The number of hydrogen-bond donors (Lipinski definition) is 2. The summed E-state index contributed by atoms with van der Waals surface area (Å²) in [5.74, 6) is 0.753. The molecule has 164 valence electrons. The molecule has 0 saturated carbocycles. The summed E-state index contributed by atoms with van der Waals surface area (Å²) >= 11 is 4.34. The second kappa shape index (κ2) is 14.0. The molecule has 0 saturated heterocycles. The summed E-state index contributed by atoms with van der Waals surface area (Å²) in [6.07, 6.45) is 8.94. The van der Waals surface area contributed by atoms with Crippen LogP contribution in [-0.2, 0) is 0 Å². The number of anilines is 1. The van der Waals surface area contributed by atoms with E-state index in [1.165, 1.54) is 29.1 Å². The fourth-order valence-electron chi connectivity index (χ4n) is 3.32. The number of carbonyl (C=O) groups is 1. The van der Waals surface area contributed by atoms with Crippen LogP contribution in [0.25, 0.3) is 0 Å². The number of rotatable bonds is 13. The lowest BCUT2D eigenvalue weighted by molar-refractivity contribution is 0.191. The van der Waals surface area contributed by atoms with Gasteiger partial charge >= 0.3 is 6.03 Å². The van der Waals surface area contributed by atoms with Crippen molar-refractivity contribution in [1.29, 1.82) is 0 Å². The second-order valence-electron chi connectivity index (χ2n) is 7.65. The molecule has 2 aromatic rings. The number of urea groups is 1. The van der Waals surface area contributed by atoms with E-state index in [4.69, 9.17) is 4.74 Å². The summed E-state index contributed by atoms with van der Waals surface area (Å²) < 4.78 is 7.76. The van der Waals surface area contributed by atoms with Crippen LogP contribution in [0.5, 0.6) is 5.75 Å². The van der Waals surface area contributed by atoms with Gasteiger partial charge in [-0.05, 0) is 37.0 Å². The quantitative estimate of drug-likeness (QED) is 0.254. The van der Waals surface area contributed by atoms with Gasteiger partial charge in [-0.3, -0.25) is 4.31 Å². The topological polar surface area (TPSA) is 41.6 Å². The maximum Gasteiger partial charge on any atom is 0.331 e. The summed E-state index contributed by atoms with van der Waals surface area (Å²) in [5, 5.41) is 2.92. The number of ether oxygens (including phenoxy) is 1. The van der Waals surface area contributed by atoms with Gasteiger partial charge in [-0.2, -0.15) is 0 Å². The van der Waals surface area contributed by atoms with E-state index in [2.05, 4.69) is 44.1 Å². The average Bonchev–Trinajstić information content (AvgIpc) is 2.77. The Morgan fingerprint density at radius 2 is 1.70 bits per heavy atom. The number of hydrogen-bond acceptors (Lipinski definition) is 3. The molecular formula is C25H36N2O2S. The highest BCUT2D eigenvalue weighted by Gasteiger charge is 2.14. The first kappa shape index (κ1) is 24.1. The Balaban J connectivity index is 1.93. The van der Waals surface area contributed by atoms with Crippen molar-refractivity contribution in [1.82, 2.24) is 4.31 Å². The van der Waals surface area contributed by atoms with Crippen LogP contribution in [-0.4, -0.2) is 16.9 Å². The zero-order valence-corrected chi connectivity index (χ0v) is 19.2. The van der Waals surface area contributed by atoms with E-state index in [1.54, 1.807) is 0 Å². The first-order valence-corrected chi connectivity index (χ1v) is 11.6. The molecule has 0 radical (unpaired) electrons. The van der Waals surface area contributed by atoms with E-state index >= 15 is 0 Å². The largest absolute Gasteiger partial charge is 0.486 e. The third-order valence-electron chi connectivity index (χ3n) is 5.06. The zero-order chi connectivity index (χ0) is 21.6. The lowest BCUT2D eigenvalue weighted by atomic mass is 10.0. The molecule has 2 aromatic carbocycles. The standard InChI is InChI=1S/C25H36N2O2S/c1-3-5-7-8-12-19-27(30)25(28)26-22-16-13-17-23(20-22)29-24(18-6-4-2)21-14-10-9-11-15-21/h9-11,13-17,20,24,30H,3-8,12,18-19H2,1-2H3,(H,26,28). The van der Waals surface area contributed by atoms with Crippen LogP contribution in [0.4, 0.5) is 10.5 Å². The zero-order valence-electron chi connectivity index (χ0n) is 18.3.